The summed E-state index contributed by atoms with van der Waals surface area (Å²) < 4.78 is 29.6. The highest BCUT2D eigenvalue weighted by molar-refractivity contribution is 7.90. The van der Waals surface area contributed by atoms with Crippen LogP contribution in [-0.4, -0.2) is 81.7 Å². The smallest absolute Gasteiger partial charge is 0.409 e. The molecule has 1 aromatic carbocycles. The molecular formula is C23H30N4O6S. The highest BCUT2D eigenvalue weighted by Gasteiger charge is 2.26. The number of nitrogens with one attached hydrogen (secondary N) is 1. The topological polar surface area (TPSA) is 118 Å². The molecule has 1 aromatic heterocycles. The highest BCUT2D eigenvalue weighted by atomic mass is 32.2. The average Bonchev–Trinajstić information content (AvgIpc) is 2.83. The molecule has 0 radical (unpaired) electrons. The van der Waals surface area contributed by atoms with E-state index in [4.69, 9.17) is 4.74 Å². The number of hydrogen-bond donors (Lipinski definition) is 1. The van der Waals surface area contributed by atoms with Crippen molar-refractivity contribution in [3.63, 3.8) is 0 Å². The van der Waals surface area contributed by atoms with Gasteiger partial charge in [-0.3, -0.25) is 9.59 Å². The number of nitrogens with zero attached hydrogens (tertiary/aromatic N) is 3. The number of aromatic nitrogens is 1. The van der Waals surface area contributed by atoms with Crippen LogP contribution in [0.15, 0.2) is 29.1 Å². The number of ether oxygens (including phenoxy) is 1. The van der Waals surface area contributed by atoms with Crippen LogP contribution in [0.3, 0.4) is 0 Å². The van der Waals surface area contributed by atoms with Gasteiger partial charge in [0.1, 0.15) is 15.4 Å². The summed E-state index contributed by atoms with van der Waals surface area (Å²) in [6.07, 6.45) is 2.38. The van der Waals surface area contributed by atoms with Crippen LogP contribution < -0.4 is 15.8 Å². The maximum absolute atomic E-state index is 13.2. The molecule has 2 aliphatic heterocycles. The summed E-state index contributed by atoms with van der Waals surface area (Å²) in [5.41, 5.74) is 1.27. The second-order valence-electron chi connectivity index (χ2n) is 8.96. The molecule has 3 heterocycles. The molecule has 0 spiro atoms. The van der Waals surface area contributed by atoms with E-state index in [9.17, 15) is 22.8 Å². The third-order valence-electron chi connectivity index (χ3n) is 6.60. The summed E-state index contributed by atoms with van der Waals surface area (Å²) in [6, 6.07) is 7.20. The second kappa shape index (κ2) is 9.65. The normalized spacial score (nSPS) is 16.5. The van der Waals surface area contributed by atoms with Gasteiger partial charge in [0.05, 0.1) is 24.1 Å². The van der Waals surface area contributed by atoms with Crippen molar-refractivity contribution in [3.8, 4) is 0 Å². The monoisotopic (exact) mass is 490 g/mol. The lowest BCUT2D eigenvalue weighted by Crippen LogP contribution is -2.43. The minimum absolute atomic E-state index is 0.0344. The van der Waals surface area contributed by atoms with Crippen LogP contribution in [0.25, 0.3) is 10.9 Å². The van der Waals surface area contributed by atoms with Crippen LogP contribution in [0.5, 0.6) is 0 Å². The molecule has 0 unspecified atom stereocenters. The van der Waals surface area contributed by atoms with Crippen LogP contribution in [-0.2, 0) is 21.1 Å². The summed E-state index contributed by atoms with van der Waals surface area (Å²) in [5, 5.41) is 3.66. The maximum atomic E-state index is 13.2. The first-order chi connectivity index (χ1) is 16.2. The first-order valence-electron chi connectivity index (χ1n) is 11.4. The van der Waals surface area contributed by atoms with Gasteiger partial charge in [-0.15, -0.1) is 0 Å². The maximum Gasteiger partial charge on any atom is 0.409 e. The van der Waals surface area contributed by atoms with E-state index in [0.717, 1.165) is 29.4 Å². The van der Waals surface area contributed by atoms with Gasteiger partial charge in [0.15, 0.2) is 0 Å². The number of sulfone groups is 1. The Kier molecular flexibility index (Phi) is 6.83. The molecule has 0 atom stereocenters. The fourth-order valence-electron chi connectivity index (χ4n) is 4.69. The predicted molar refractivity (Wildman–Crippen MR) is 129 cm³/mol. The number of methoxy groups -OCH3 is 1. The average molecular weight is 491 g/mol. The van der Waals surface area contributed by atoms with Crippen LogP contribution in [0.1, 0.15) is 23.2 Å². The van der Waals surface area contributed by atoms with E-state index in [0.29, 0.717) is 39.3 Å². The van der Waals surface area contributed by atoms with E-state index in [1.807, 2.05) is 23.1 Å². The number of para-hydroxylation sites is 1. The first kappa shape index (κ1) is 24.1. The Labute approximate surface area is 198 Å². The van der Waals surface area contributed by atoms with Gasteiger partial charge >= 0.3 is 6.09 Å². The number of rotatable bonds is 6. The number of likely N-dealkylation sites (tertiary alicyclic amines) is 1. The zero-order chi connectivity index (χ0) is 24.5. The van der Waals surface area contributed by atoms with Gasteiger partial charge in [-0.1, -0.05) is 12.1 Å². The van der Waals surface area contributed by atoms with Crippen molar-refractivity contribution in [3.05, 3.63) is 40.2 Å². The fourth-order valence-corrected chi connectivity index (χ4v) is 5.24. The number of hydrogen-bond acceptors (Lipinski definition) is 7. The molecule has 11 heteroatoms. The molecule has 2 amide bonds. The van der Waals surface area contributed by atoms with Crippen molar-refractivity contribution in [1.29, 1.82) is 0 Å². The minimum Gasteiger partial charge on any atom is -0.453 e. The molecule has 1 fully saturated rings. The molecule has 4 rings (SSSR count). The molecule has 0 aliphatic carbocycles. The van der Waals surface area contributed by atoms with Crippen LogP contribution in [0.2, 0.25) is 0 Å². The number of amides is 2. The van der Waals surface area contributed by atoms with Crippen LogP contribution >= 0.6 is 0 Å². The van der Waals surface area contributed by atoms with E-state index in [-0.39, 0.29) is 28.9 Å². The molecule has 1 saturated heterocycles. The third kappa shape index (κ3) is 5.03. The second-order valence-corrected chi connectivity index (χ2v) is 11.2. The van der Waals surface area contributed by atoms with E-state index < -0.39 is 15.7 Å². The van der Waals surface area contributed by atoms with E-state index in [1.165, 1.54) is 13.4 Å². The summed E-state index contributed by atoms with van der Waals surface area (Å²) >= 11 is 0. The van der Waals surface area contributed by atoms with E-state index >= 15 is 0 Å². The number of carbonyl (C=O) groups excluding carboxylic acids is 2. The number of pyridine rings is 1. The molecule has 2 aromatic rings. The van der Waals surface area contributed by atoms with E-state index in [2.05, 4.69) is 5.32 Å². The molecule has 0 saturated carbocycles. The first-order valence-corrected chi connectivity index (χ1v) is 13.4. The van der Waals surface area contributed by atoms with Crippen molar-refractivity contribution in [2.75, 3.05) is 56.7 Å². The summed E-state index contributed by atoms with van der Waals surface area (Å²) in [5.74, 6) is -0.149. The van der Waals surface area contributed by atoms with E-state index in [1.54, 1.807) is 15.5 Å². The standard InChI is InChI=1S/C23H30N4O6S/c1-33-23(30)26-8-6-16(7-9-26)15-24-21(28)18-14-17-4-3-5-19-20(17)27(22(18)29)11-10-25(19)12-13-34(2,31)32/h3-5,14,16H,6-13,15H2,1-2H3,(H,24,28). The quantitative estimate of drug-likeness (QED) is 0.644. The largest absolute Gasteiger partial charge is 0.453 e. The van der Waals surface area contributed by atoms with Gasteiger partial charge in [-0.2, -0.15) is 0 Å². The van der Waals surface area contributed by atoms with Crippen molar-refractivity contribution in [2.45, 2.75) is 19.4 Å². The fraction of sp³-hybridized carbons (Fsp3) is 0.522. The van der Waals surface area contributed by atoms with Gasteiger partial charge in [0.25, 0.3) is 11.5 Å². The Balaban J connectivity index is 1.49. The Morgan fingerprint density at radius 2 is 1.88 bits per heavy atom. The van der Waals surface area contributed by atoms with Crippen molar-refractivity contribution >= 4 is 38.4 Å². The molecule has 1 N–H and O–H groups in total. The minimum atomic E-state index is -3.11. The SMILES string of the molecule is COC(=O)N1CCC(CNC(=O)c2cc3cccc4c3n(c2=O)CCN4CCS(C)(=O)=O)CC1. The van der Waals surface area contributed by atoms with Gasteiger partial charge in [-0.05, 0) is 30.9 Å². The van der Waals surface area contributed by atoms with Crippen LogP contribution in [0, 0.1) is 5.92 Å². The van der Waals surface area contributed by atoms with Gasteiger partial charge in [0, 0.05) is 50.9 Å². The summed E-state index contributed by atoms with van der Waals surface area (Å²) in [6.45, 7) is 2.81. The molecule has 34 heavy (non-hydrogen) atoms. The molecule has 10 nitrogen and oxygen atoms in total. The summed E-state index contributed by atoms with van der Waals surface area (Å²) in [4.78, 5) is 41.4. The Morgan fingerprint density at radius 3 is 2.56 bits per heavy atom. The van der Waals surface area contributed by atoms with Gasteiger partial charge < -0.3 is 24.4 Å². The van der Waals surface area contributed by atoms with Crippen molar-refractivity contribution < 1.29 is 22.7 Å². The lowest BCUT2D eigenvalue weighted by Gasteiger charge is -2.32. The number of benzene rings is 1. The molecule has 2 aliphatic rings. The lowest BCUT2D eigenvalue weighted by atomic mass is 9.97. The summed E-state index contributed by atoms with van der Waals surface area (Å²) in [7, 11) is -1.75. The molecular weight excluding hydrogens is 460 g/mol. The highest BCUT2D eigenvalue weighted by Crippen LogP contribution is 2.29. The van der Waals surface area contributed by atoms with Crippen molar-refractivity contribution in [2.24, 2.45) is 5.92 Å². The lowest BCUT2D eigenvalue weighted by molar-refractivity contribution is 0.0912. The third-order valence-corrected chi connectivity index (χ3v) is 7.52. The Morgan fingerprint density at radius 1 is 1.15 bits per heavy atom. The van der Waals surface area contributed by atoms with Crippen LogP contribution in [0.4, 0.5) is 10.5 Å². The number of piperidine rings is 1. The van der Waals surface area contributed by atoms with Gasteiger partial charge in [0.2, 0.25) is 0 Å². The molecule has 184 valence electrons. The Hall–Kier alpha value is -3.08. The number of carbonyl (C=O) groups is 2. The van der Waals surface area contributed by atoms with Gasteiger partial charge in [-0.25, -0.2) is 13.2 Å². The number of anilines is 1. The van der Waals surface area contributed by atoms with Crippen molar-refractivity contribution in [1.82, 2.24) is 14.8 Å². The predicted octanol–water partition coefficient (Wildman–Crippen LogP) is 1.07. The zero-order valence-corrected chi connectivity index (χ0v) is 20.3. The molecule has 0 bridgehead atoms. The zero-order valence-electron chi connectivity index (χ0n) is 19.5. The Bertz CT molecular complexity index is 1260.